The molecular formula is C25H23ClN2O5S2. The van der Waals surface area contributed by atoms with Gasteiger partial charge in [0.15, 0.2) is 0 Å². The lowest BCUT2D eigenvalue weighted by Gasteiger charge is -2.23. The van der Waals surface area contributed by atoms with Gasteiger partial charge in [-0.2, -0.15) is 4.72 Å². The molecular weight excluding hydrogens is 508 g/mol. The summed E-state index contributed by atoms with van der Waals surface area (Å²) in [7, 11) is -4.09. The van der Waals surface area contributed by atoms with Crippen LogP contribution in [0.3, 0.4) is 0 Å². The molecule has 0 radical (unpaired) electrons. The second kappa shape index (κ2) is 9.94. The lowest BCUT2D eigenvalue weighted by atomic mass is 9.99. The molecule has 0 fully saturated rings. The third-order valence-corrected chi connectivity index (χ3v) is 8.15. The van der Waals surface area contributed by atoms with Gasteiger partial charge in [0.2, 0.25) is 10.0 Å². The Bertz CT molecular complexity index is 1520. The maximum Gasteiger partial charge on any atom is 0.346 e. The van der Waals surface area contributed by atoms with Crippen LogP contribution in [0.2, 0.25) is 5.02 Å². The zero-order valence-electron chi connectivity index (χ0n) is 19.2. The van der Waals surface area contributed by atoms with Gasteiger partial charge in [-0.25, -0.2) is 18.2 Å². The van der Waals surface area contributed by atoms with Crippen molar-refractivity contribution in [3.05, 3.63) is 87.4 Å². The standard InChI is InChI=1S/C25H23ClN2O5S2/c1-14(2)33-21-10-5-4-9-19(21)22(16-7-6-8-17(26)11-16)28-35(31,32)18-12-20-15(3)23(25(29)30)34-24(20)27-13-18/h4-14,22,28H,1-3H3,(H,29,30). The number of nitrogens with one attached hydrogen (secondary N) is 1. The van der Waals surface area contributed by atoms with Crippen molar-refractivity contribution in [3.63, 3.8) is 0 Å². The molecule has 0 saturated carbocycles. The Kier molecular flexibility index (Phi) is 7.14. The third-order valence-electron chi connectivity index (χ3n) is 5.32. The van der Waals surface area contributed by atoms with Crippen LogP contribution in [0, 0.1) is 6.92 Å². The normalized spacial score (nSPS) is 12.7. The van der Waals surface area contributed by atoms with Crippen LogP contribution in [0.15, 0.2) is 65.7 Å². The summed E-state index contributed by atoms with van der Waals surface area (Å²) in [5.41, 5.74) is 1.74. The molecule has 2 aromatic carbocycles. The monoisotopic (exact) mass is 530 g/mol. The highest BCUT2D eigenvalue weighted by Gasteiger charge is 2.27. The minimum Gasteiger partial charge on any atom is -0.491 e. The lowest BCUT2D eigenvalue weighted by molar-refractivity contribution is 0.0701. The van der Waals surface area contributed by atoms with Gasteiger partial charge in [-0.3, -0.25) is 0 Å². The molecule has 0 amide bonds. The van der Waals surface area contributed by atoms with Crippen LogP contribution in [0.1, 0.15) is 46.3 Å². The van der Waals surface area contributed by atoms with Gasteiger partial charge in [-0.05, 0) is 56.2 Å². The number of sulfonamides is 1. The Morgan fingerprint density at radius 2 is 1.89 bits per heavy atom. The van der Waals surface area contributed by atoms with E-state index >= 15 is 0 Å². The summed E-state index contributed by atoms with van der Waals surface area (Å²) in [6.07, 6.45) is 1.11. The highest BCUT2D eigenvalue weighted by Crippen LogP contribution is 2.34. The molecule has 2 heterocycles. The number of rotatable bonds is 8. The molecule has 10 heteroatoms. The number of aromatic nitrogens is 1. The molecule has 0 aliphatic carbocycles. The molecule has 182 valence electrons. The van der Waals surface area contributed by atoms with Gasteiger partial charge in [0.25, 0.3) is 0 Å². The van der Waals surface area contributed by atoms with Gasteiger partial charge >= 0.3 is 5.97 Å². The number of thiophene rings is 1. The number of carbonyl (C=O) groups is 1. The Morgan fingerprint density at radius 1 is 1.14 bits per heavy atom. The minimum absolute atomic E-state index is 0.0721. The fourth-order valence-electron chi connectivity index (χ4n) is 3.73. The molecule has 0 bridgehead atoms. The minimum atomic E-state index is -4.09. The van der Waals surface area contributed by atoms with Crippen molar-refractivity contribution in [2.75, 3.05) is 0 Å². The number of nitrogens with zero attached hydrogens (tertiary/aromatic N) is 1. The van der Waals surface area contributed by atoms with Gasteiger partial charge in [0.1, 0.15) is 20.4 Å². The van der Waals surface area contributed by atoms with Gasteiger partial charge in [-0.1, -0.05) is 41.9 Å². The number of halogens is 1. The number of benzene rings is 2. The number of fused-ring (bicyclic) bond motifs is 1. The van der Waals surface area contributed by atoms with E-state index in [1.54, 1.807) is 43.3 Å². The molecule has 1 atom stereocenters. The van der Waals surface area contributed by atoms with Gasteiger partial charge in [-0.15, -0.1) is 11.3 Å². The Morgan fingerprint density at radius 3 is 2.57 bits per heavy atom. The first-order valence-electron chi connectivity index (χ1n) is 10.7. The molecule has 0 aliphatic rings. The molecule has 2 aromatic heterocycles. The number of ether oxygens (including phenoxy) is 1. The zero-order valence-corrected chi connectivity index (χ0v) is 21.5. The van der Waals surface area contributed by atoms with Crippen molar-refractivity contribution in [2.24, 2.45) is 0 Å². The number of hydrogen-bond acceptors (Lipinski definition) is 6. The summed E-state index contributed by atoms with van der Waals surface area (Å²) in [4.78, 5) is 16.2. The second-order valence-corrected chi connectivity index (χ2v) is 11.3. The van der Waals surface area contributed by atoms with Crippen LogP contribution in [-0.4, -0.2) is 30.6 Å². The van der Waals surface area contributed by atoms with Crippen LogP contribution in [0.5, 0.6) is 5.75 Å². The Labute approximate surface area is 212 Å². The summed E-state index contributed by atoms with van der Waals surface area (Å²) < 4.78 is 35.9. The highest BCUT2D eigenvalue weighted by molar-refractivity contribution is 7.89. The van der Waals surface area contributed by atoms with E-state index in [0.29, 0.717) is 37.7 Å². The van der Waals surface area contributed by atoms with Crippen molar-refractivity contribution in [2.45, 2.75) is 37.8 Å². The molecule has 4 aromatic rings. The molecule has 2 N–H and O–H groups in total. The van der Waals surface area contributed by atoms with Crippen LogP contribution < -0.4 is 9.46 Å². The first-order chi connectivity index (χ1) is 16.6. The number of hydrogen-bond donors (Lipinski definition) is 2. The number of aromatic carboxylic acids is 1. The molecule has 1 unspecified atom stereocenters. The van der Waals surface area contributed by atoms with E-state index in [2.05, 4.69) is 9.71 Å². The van der Waals surface area contributed by atoms with Gasteiger partial charge in [0, 0.05) is 22.2 Å². The predicted molar refractivity (Wildman–Crippen MR) is 137 cm³/mol. The summed E-state index contributed by atoms with van der Waals surface area (Å²) in [5.74, 6) is -0.528. The van der Waals surface area contributed by atoms with E-state index in [1.165, 1.54) is 12.3 Å². The summed E-state index contributed by atoms with van der Waals surface area (Å²) in [6.45, 7) is 5.43. The number of aryl methyl sites for hydroxylation is 1. The summed E-state index contributed by atoms with van der Waals surface area (Å²) in [5, 5.41) is 10.4. The average Bonchev–Trinajstić information content (AvgIpc) is 3.14. The van der Waals surface area contributed by atoms with Gasteiger partial charge in [0.05, 0.1) is 12.1 Å². The largest absolute Gasteiger partial charge is 0.491 e. The van der Waals surface area contributed by atoms with Crippen molar-refractivity contribution in [1.82, 2.24) is 9.71 Å². The van der Waals surface area contributed by atoms with E-state index in [0.717, 1.165) is 11.3 Å². The fourth-order valence-corrected chi connectivity index (χ4v) is 6.07. The number of para-hydroxylation sites is 1. The van der Waals surface area contributed by atoms with Crippen LogP contribution in [0.25, 0.3) is 10.2 Å². The molecule has 4 rings (SSSR count). The van der Waals surface area contributed by atoms with E-state index in [1.807, 2.05) is 26.0 Å². The zero-order chi connectivity index (χ0) is 25.3. The lowest BCUT2D eigenvalue weighted by Crippen LogP contribution is -2.30. The van der Waals surface area contributed by atoms with Crippen LogP contribution in [-0.2, 0) is 10.0 Å². The maximum absolute atomic E-state index is 13.6. The fraction of sp³-hybridized carbons (Fsp3) is 0.200. The Hall–Kier alpha value is -2.98. The molecule has 7 nitrogen and oxygen atoms in total. The molecule has 0 aliphatic heterocycles. The van der Waals surface area contributed by atoms with Crippen LogP contribution >= 0.6 is 22.9 Å². The van der Waals surface area contributed by atoms with E-state index in [4.69, 9.17) is 16.3 Å². The SMILES string of the molecule is Cc1c(C(=O)O)sc2ncc(S(=O)(=O)NC(c3cccc(Cl)c3)c3ccccc3OC(C)C)cc12. The molecule has 35 heavy (non-hydrogen) atoms. The maximum atomic E-state index is 13.6. The van der Waals surface area contributed by atoms with Crippen molar-refractivity contribution in [1.29, 1.82) is 0 Å². The predicted octanol–water partition coefficient (Wildman–Crippen LogP) is 5.81. The van der Waals surface area contributed by atoms with E-state index in [9.17, 15) is 18.3 Å². The van der Waals surface area contributed by atoms with Crippen molar-refractivity contribution < 1.29 is 23.1 Å². The topological polar surface area (TPSA) is 106 Å². The third kappa shape index (κ3) is 5.33. The van der Waals surface area contributed by atoms with E-state index in [-0.39, 0.29) is 15.9 Å². The molecule has 0 spiro atoms. The smallest absolute Gasteiger partial charge is 0.346 e. The number of carboxylic acid groups (broad SMARTS) is 1. The molecule has 0 saturated heterocycles. The quantitative estimate of drug-likeness (QED) is 0.298. The highest BCUT2D eigenvalue weighted by atomic mass is 35.5. The first kappa shape index (κ1) is 25.1. The van der Waals surface area contributed by atoms with Crippen LogP contribution in [0.4, 0.5) is 0 Å². The summed E-state index contributed by atoms with van der Waals surface area (Å²) >= 11 is 7.25. The second-order valence-electron chi connectivity index (χ2n) is 8.20. The Balaban J connectivity index is 1.81. The van der Waals surface area contributed by atoms with Gasteiger partial charge < -0.3 is 9.84 Å². The van der Waals surface area contributed by atoms with E-state index < -0.39 is 22.0 Å². The van der Waals surface area contributed by atoms with Crippen molar-refractivity contribution in [3.8, 4) is 5.75 Å². The van der Waals surface area contributed by atoms with Crippen molar-refractivity contribution >= 4 is 49.1 Å². The summed E-state index contributed by atoms with van der Waals surface area (Å²) in [6, 6.07) is 14.8. The average molecular weight is 531 g/mol. The first-order valence-corrected chi connectivity index (χ1v) is 13.4. The number of carboxylic acids is 1. The number of pyridine rings is 1.